The summed E-state index contributed by atoms with van der Waals surface area (Å²) in [6.45, 7) is 6.20. The lowest BCUT2D eigenvalue weighted by Crippen LogP contribution is -2.24. The molecule has 0 saturated heterocycles. The number of benzene rings is 2. The molecule has 1 amide bonds. The molecule has 0 heterocycles. The molecule has 5 nitrogen and oxygen atoms in total. The van der Waals surface area contributed by atoms with E-state index in [0.717, 1.165) is 5.56 Å². The molecule has 0 saturated carbocycles. The molecule has 0 aromatic heterocycles. The number of hydrogen-bond acceptors (Lipinski definition) is 3. The molecule has 2 rings (SSSR count). The van der Waals surface area contributed by atoms with Gasteiger partial charge in [-0.05, 0) is 30.0 Å². The van der Waals surface area contributed by atoms with Crippen molar-refractivity contribution >= 4 is 11.6 Å². The minimum Gasteiger partial charge on any atom is -0.348 e. The van der Waals surface area contributed by atoms with Crippen molar-refractivity contribution in [3.8, 4) is 0 Å². The summed E-state index contributed by atoms with van der Waals surface area (Å²) >= 11 is 0. The van der Waals surface area contributed by atoms with Crippen molar-refractivity contribution in [2.45, 2.75) is 33.2 Å². The zero-order chi connectivity index (χ0) is 17.0. The van der Waals surface area contributed by atoms with Crippen molar-refractivity contribution in [3.05, 3.63) is 74.8 Å². The highest BCUT2D eigenvalue weighted by atomic mass is 16.6. The Bertz CT molecular complexity index is 739. The molecule has 0 aliphatic heterocycles. The summed E-state index contributed by atoms with van der Waals surface area (Å²) in [5, 5.41) is 13.8. The van der Waals surface area contributed by atoms with Gasteiger partial charge >= 0.3 is 0 Å². The van der Waals surface area contributed by atoms with Gasteiger partial charge in [-0.1, -0.05) is 44.2 Å². The maximum atomic E-state index is 12.4. The molecule has 0 radical (unpaired) electrons. The van der Waals surface area contributed by atoms with Crippen LogP contribution in [-0.4, -0.2) is 10.8 Å². The van der Waals surface area contributed by atoms with Crippen LogP contribution in [0.25, 0.3) is 0 Å². The first-order chi connectivity index (χ1) is 10.9. The highest BCUT2D eigenvalue weighted by Crippen LogP contribution is 2.22. The topological polar surface area (TPSA) is 72.2 Å². The van der Waals surface area contributed by atoms with E-state index in [1.54, 1.807) is 13.0 Å². The SMILES string of the molecule is Cc1c(C(=O)NCc2ccccc2C(C)C)cccc1[N+](=O)[O-]. The van der Waals surface area contributed by atoms with E-state index < -0.39 is 4.92 Å². The summed E-state index contributed by atoms with van der Waals surface area (Å²) < 4.78 is 0. The zero-order valence-electron chi connectivity index (χ0n) is 13.5. The first-order valence-corrected chi connectivity index (χ1v) is 7.51. The molecule has 0 aliphatic carbocycles. The minimum absolute atomic E-state index is 0.0415. The smallest absolute Gasteiger partial charge is 0.273 e. The van der Waals surface area contributed by atoms with Crippen LogP contribution < -0.4 is 5.32 Å². The van der Waals surface area contributed by atoms with Crippen LogP contribution in [0.15, 0.2) is 42.5 Å². The van der Waals surface area contributed by atoms with Gasteiger partial charge in [0.05, 0.1) is 4.92 Å². The zero-order valence-corrected chi connectivity index (χ0v) is 13.5. The minimum atomic E-state index is -0.472. The van der Waals surface area contributed by atoms with Crippen molar-refractivity contribution in [3.63, 3.8) is 0 Å². The van der Waals surface area contributed by atoms with E-state index in [-0.39, 0.29) is 11.6 Å². The van der Waals surface area contributed by atoms with Gasteiger partial charge in [0.1, 0.15) is 0 Å². The summed E-state index contributed by atoms with van der Waals surface area (Å²) in [5.41, 5.74) is 2.91. The molecule has 0 bridgehead atoms. The van der Waals surface area contributed by atoms with E-state index in [1.807, 2.05) is 24.3 Å². The van der Waals surface area contributed by atoms with Crippen LogP contribution >= 0.6 is 0 Å². The first-order valence-electron chi connectivity index (χ1n) is 7.51. The van der Waals surface area contributed by atoms with Crippen LogP contribution in [0.3, 0.4) is 0 Å². The fourth-order valence-corrected chi connectivity index (χ4v) is 2.60. The summed E-state index contributed by atoms with van der Waals surface area (Å²) in [6.07, 6.45) is 0. The Morgan fingerprint density at radius 1 is 1.17 bits per heavy atom. The van der Waals surface area contributed by atoms with Gasteiger partial charge in [-0.25, -0.2) is 0 Å². The first kappa shape index (κ1) is 16.7. The Hall–Kier alpha value is -2.69. The molecule has 120 valence electrons. The van der Waals surface area contributed by atoms with Crippen LogP contribution in [0.5, 0.6) is 0 Å². The average molecular weight is 312 g/mol. The van der Waals surface area contributed by atoms with Crippen molar-refractivity contribution in [1.82, 2.24) is 5.32 Å². The molecule has 23 heavy (non-hydrogen) atoms. The quantitative estimate of drug-likeness (QED) is 0.671. The fourth-order valence-electron chi connectivity index (χ4n) is 2.60. The van der Waals surface area contributed by atoms with Gasteiger partial charge in [0.25, 0.3) is 11.6 Å². The lowest BCUT2D eigenvalue weighted by Gasteiger charge is -2.14. The number of carbonyl (C=O) groups is 1. The predicted molar refractivity (Wildman–Crippen MR) is 89.5 cm³/mol. The third kappa shape index (κ3) is 3.74. The van der Waals surface area contributed by atoms with E-state index in [1.165, 1.54) is 17.7 Å². The van der Waals surface area contributed by atoms with Crippen molar-refractivity contribution in [1.29, 1.82) is 0 Å². The van der Waals surface area contributed by atoms with Crippen molar-refractivity contribution < 1.29 is 9.72 Å². The highest BCUT2D eigenvalue weighted by molar-refractivity contribution is 5.96. The van der Waals surface area contributed by atoms with Gasteiger partial charge in [0, 0.05) is 23.7 Å². The number of nitro groups is 1. The number of carbonyl (C=O) groups excluding carboxylic acids is 1. The van der Waals surface area contributed by atoms with Crippen LogP contribution in [-0.2, 0) is 6.54 Å². The van der Waals surface area contributed by atoms with E-state index >= 15 is 0 Å². The molecule has 0 fully saturated rings. The standard InChI is InChI=1S/C18H20N2O3/c1-12(2)15-8-5-4-7-14(15)11-19-18(21)16-9-6-10-17(13(16)3)20(22)23/h4-10,12H,11H2,1-3H3,(H,19,21). The van der Waals surface area contributed by atoms with Crippen LogP contribution in [0.2, 0.25) is 0 Å². The molecular formula is C18H20N2O3. The molecule has 0 aliphatic rings. The molecule has 0 spiro atoms. The second-order valence-electron chi connectivity index (χ2n) is 5.74. The molecule has 2 aromatic carbocycles. The molecule has 1 N–H and O–H groups in total. The van der Waals surface area contributed by atoms with E-state index in [0.29, 0.717) is 23.6 Å². The second kappa shape index (κ2) is 7.05. The van der Waals surface area contributed by atoms with Gasteiger partial charge in [-0.3, -0.25) is 14.9 Å². The van der Waals surface area contributed by atoms with Gasteiger partial charge in [0.15, 0.2) is 0 Å². The molecular weight excluding hydrogens is 292 g/mol. The summed E-state index contributed by atoms with van der Waals surface area (Å²) in [4.78, 5) is 22.9. The number of amides is 1. The Labute approximate surface area is 135 Å². The summed E-state index contributed by atoms with van der Waals surface area (Å²) in [5.74, 6) is 0.0624. The number of hydrogen-bond donors (Lipinski definition) is 1. The van der Waals surface area contributed by atoms with Gasteiger partial charge in [-0.15, -0.1) is 0 Å². The second-order valence-corrected chi connectivity index (χ2v) is 5.74. The molecule has 0 unspecified atom stereocenters. The van der Waals surface area contributed by atoms with Crippen LogP contribution in [0, 0.1) is 17.0 Å². The van der Waals surface area contributed by atoms with E-state index in [9.17, 15) is 14.9 Å². The van der Waals surface area contributed by atoms with Crippen molar-refractivity contribution in [2.24, 2.45) is 0 Å². The van der Waals surface area contributed by atoms with Gasteiger partial charge in [-0.2, -0.15) is 0 Å². The normalized spacial score (nSPS) is 10.6. The molecule has 2 aromatic rings. The Morgan fingerprint density at radius 3 is 2.52 bits per heavy atom. The van der Waals surface area contributed by atoms with Gasteiger partial charge < -0.3 is 5.32 Å². The van der Waals surface area contributed by atoms with Crippen LogP contribution in [0.4, 0.5) is 5.69 Å². The Kier molecular flexibility index (Phi) is 5.11. The number of nitrogens with zero attached hydrogens (tertiary/aromatic N) is 1. The Balaban J connectivity index is 2.18. The monoisotopic (exact) mass is 312 g/mol. The van der Waals surface area contributed by atoms with Crippen molar-refractivity contribution in [2.75, 3.05) is 0 Å². The number of rotatable bonds is 5. The molecule has 0 atom stereocenters. The summed E-state index contributed by atoms with van der Waals surface area (Å²) in [6, 6.07) is 12.5. The van der Waals surface area contributed by atoms with Gasteiger partial charge in [0.2, 0.25) is 0 Å². The maximum absolute atomic E-state index is 12.4. The van der Waals surface area contributed by atoms with E-state index in [2.05, 4.69) is 19.2 Å². The Morgan fingerprint density at radius 2 is 1.87 bits per heavy atom. The highest BCUT2D eigenvalue weighted by Gasteiger charge is 2.18. The lowest BCUT2D eigenvalue weighted by molar-refractivity contribution is -0.385. The maximum Gasteiger partial charge on any atom is 0.273 e. The van der Waals surface area contributed by atoms with E-state index in [4.69, 9.17) is 0 Å². The predicted octanol–water partition coefficient (Wildman–Crippen LogP) is 3.96. The lowest BCUT2D eigenvalue weighted by atomic mass is 9.97. The third-order valence-electron chi connectivity index (χ3n) is 3.86. The van der Waals surface area contributed by atoms with Crippen LogP contribution in [0.1, 0.15) is 46.8 Å². The number of nitrogens with one attached hydrogen (secondary N) is 1. The third-order valence-corrected chi connectivity index (χ3v) is 3.86. The largest absolute Gasteiger partial charge is 0.348 e. The number of nitro benzene ring substituents is 1. The fraction of sp³-hybridized carbons (Fsp3) is 0.278. The average Bonchev–Trinajstić information content (AvgIpc) is 2.52. The molecule has 5 heteroatoms. The summed E-state index contributed by atoms with van der Waals surface area (Å²) in [7, 11) is 0.